The van der Waals surface area contributed by atoms with E-state index in [9.17, 15) is 5.11 Å². The molecule has 1 aromatic carbocycles. The summed E-state index contributed by atoms with van der Waals surface area (Å²) < 4.78 is 0. The van der Waals surface area contributed by atoms with Crippen molar-refractivity contribution >= 4 is 16.7 Å². The number of aryl methyl sites for hydroxylation is 1. The van der Waals surface area contributed by atoms with Gasteiger partial charge in [-0.2, -0.15) is 0 Å². The fourth-order valence-corrected chi connectivity index (χ4v) is 1.54. The van der Waals surface area contributed by atoms with Crippen molar-refractivity contribution in [2.75, 3.05) is 5.73 Å². The third-order valence-electron chi connectivity index (χ3n) is 2.35. The minimum Gasteiger partial charge on any atom is -0.399 e. The standard InChI is InChI=1S/C11H15N3O/c1-7(15)2-5-11-13-9-4-3-8(12)6-10(9)14-11/h3-4,6-7,15H,2,5,12H2,1H3,(H,13,14). The van der Waals surface area contributed by atoms with Crippen molar-refractivity contribution in [3.05, 3.63) is 24.0 Å². The Morgan fingerprint density at radius 1 is 1.53 bits per heavy atom. The van der Waals surface area contributed by atoms with E-state index < -0.39 is 0 Å². The lowest BCUT2D eigenvalue weighted by Crippen LogP contribution is -2.02. The van der Waals surface area contributed by atoms with Gasteiger partial charge in [-0.05, 0) is 31.5 Å². The zero-order chi connectivity index (χ0) is 10.8. The monoisotopic (exact) mass is 205 g/mol. The Morgan fingerprint density at radius 3 is 3.07 bits per heavy atom. The van der Waals surface area contributed by atoms with Gasteiger partial charge in [-0.3, -0.25) is 0 Å². The van der Waals surface area contributed by atoms with Crippen LogP contribution in [0.3, 0.4) is 0 Å². The summed E-state index contributed by atoms with van der Waals surface area (Å²) in [6, 6.07) is 5.60. The molecule has 1 aromatic heterocycles. The van der Waals surface area contributed by atoms with Crippen LogP contribution in [0.2, 0.25) is 0 Å². The van der Waals surface area contributed by atoms with E-state index in [1.807, 2.05) is 18.2 Å². The molecule has 4 N–H and O–H groups in total. The molecule has 0 amide bonds. The van der Waals surface area contributed by atoms with Crippen LogP contribution in [0.15, 0.2) is 18.2 Å². The molecule has 15 heavy (non-hydrogen) atoms. The van der Waals surface area contributed by atoms with Gasteiger partial charge in [-0.15, -0.1) is 0 Å². The number of imidazole rings is 1. The summed E-state index contributed by atoms with van der Waals surface area (Å²) in [5.41, 5.74) is 8.27. The van der Waals surface area contributed by atoms with Crippen LogP contribution in [0.5, 0.6) is 0 Å². The Bertz CT molecular complexity index is 462. The number of hydrogen-bond donors (Lipinski definition) is 3. The molecule has 0 aliphatic carbocycles. The highest BCUT2D eigenvalue weighted by Gasteiger charge is 2.04. The lowest BCUT2D eigenvalue weighted by atomic mass is 10.2. The van der Waals surface area contributed by atoms with E-state index in [-0.39, 0.29) is 6.10 Å². The number of nitrogens with zero attached hydrogens (tertiary/aromatic N) is 1. The number of H-pyrrole nitrogens is 1. The van der Waals surface area contributed by atoms with Crippen molar-refractivity contribution in [3.8, 4) is 0 Å². The van der Waals surface area contributed by atoms with E-state index in [1.165, 1.54) is 0 Å². The number of aliphatic hydroxyl groups is 1. The summed E-state index contributed by atoms with van der Waals surface area (Å²) in [6.45, 7) is 1.78. The van der Waals surface area contributed by atoms with Crippen LogP contribution in [-0.4, -0.2) is 21.2 Å². The van der Waals surface area contributed by atoms with Crippen LogP contribution >= 0.6 is 0 Å². The molecule has 0 spiro atoms. The van der Waals surface area contributed by atoms with Gasteiger partial charge in [0, 0.05) is 12.1 Å². The molecule has 0 radical (unpaired) electrons. The first-order chi connectivity index (χ1) is 7.15. The molecule has 1 unspecified atom stereocenters. The lowest BCUT2D eigenvalue weighted by Gasteiger charge is -1.99. The molecule has 80 valence electrons. The van der Waals surface area contributed by atoms with Crippen molar-refractivity contribution in [2.45, 2.75) is 25.9 Å². The van der Waals surface area contributed by atoms with Gasteiger partial charge in [0.25, 0.3) is 0 Å². The lowest BCUT2D eigenvalue weighted by molar-refractivity contribution is 0.184. The topological polar surface area (TPSA) is 74.9 Å². The van der Waals surface area contributed by atoms with Gasteiger partial charge >= 0.3 is 0 Å². The molecule has 2 aromatic rings. The molecular formula is C11H15N3O. The summed E-state index contributed by atoms with van der Waals surface area (Å²) in [5.74, 6) is 0.900. The van der Waals surface area contributed by atoms with E-state index in [0.717, 1.165) is 35.4 Å². The molecular weight excluding hydrogens is 190 g/mol. The number of rotatable bonds is 3. The third kappa shape index (κ3) is 2.27. The summed E-state index contributed by atoms with van der Waals surface area (Å²) in [7, 11) is 0. The quantitative estimate of drug-likeness (QED) is 0.664. The molecule has 4 heteroatoms. The van der Waals surface area contributed by atoms with Gasteiger partial charge in [0.15, 0.2) is 0 Å². The highest BCUT2D eigenvalue weighted by atomic mass is 16.3. The van der Waals surface area contributed by atoms with E-state index in [2.05, 4.69) is 9.97 Å². The molecule has 0 aliphatic rings. The number of anilines is 1. The number of nitrogens with two attached hydrogens (primary N) is 1. The predicted molar refractivity (Wildman–Crippen MR) is 60.5 cm³/mol. The zero-order valence-corrected chi connectivity index (χ0v) is 8.70. The summed E-state index contributed by atoms with van der Waals surface area (Å²) in [6.07, 6.45) is 1.19. The first-order valence-corrected chi connectivity index (χ1v) is 5.07. The fourth-order valence-electron chi connectivity index (χ4n) is 1.54. The van der Waals surface area contributed by atoms with Crippen LogP contribution in [0.25, 0.3) is 11.0 Å². The molecule has 2 rings (SSSR count). The van der Waals surface area contributed by atoms with Gasteiger partial charge in [-0.25, -0.2) is 4.98 Å². The number of nitrogens with one attached hydrogen (secondary N) is 1. The Labute approximate surface area is 88.1 Å². The number of aromatic nitrogens is 2. The molecule has 1 heterocycles. The van der Waals surface area contributed by atoms with Crippen molar-refractivity contribution in [2.24, 2.45) is 0 Å². The molecule has 0 saturated carbocycles. The second-order valence-electron chi connectivity index (χ2n) is 3.85. The second-order valence-corrected chi connectivity index (χ2v) is 3.85. The average molecular weight is 205 g/mol. The SMILES string of the molecule is CC(O)CCc1nc2ccc(N)cc2[nH]1. The first kappa shape index (κ1) is 9.98. The number of hydrogen-bond acceptors (Lipinski definition) is 3. The predicted octanol–water partition coefficient (Wildman–Crippen LogP) is 1.46. The Morgan fingerprint density at radius 2 is 2.33 bits per heavy atom. The summed E-state index contributed by atoms with van der Waals surface area (Å²) in [4.78, 5) is 7.59. The van der Waals surface area contributed by atoms with Crippen molar-refractivity contribution in [1.82, 2.24) is 9.97 Å². The number of nitrogen functional groups attached to an aromatic ring is 1. The van der Waals surface area contributed by atoms with Crippen LogP contribution in [0.1, 0.15) is 19.2 Å². The maximum absolute atomic E-state index is 9.17. The molecule has 4 nitrogen and oxygen atoms in total. The van der Waals surface area contributed by atoms with E-state index >= 15 is 0 Å². The molecule has 0 saturated heterocycles. The second kappa shape index (κ2) is 3.90. The highest BCUT2D eigenvalue weighted by molar-refractivity contribution is 5.78. The van der Waals surface area contributed by atoms with Crippen molar-refractivity contribution < 1.29 is 5.11 Å². The van der Waals surface area contributed by atoms with E-state index in [4.69, 9.17) is 5.73 Å². The van der Waals surface area contributed by atoms with E-state index in [1.54, 1.807) is 6.92 Å². The Hall–Kier alpha value is -1.55. The fraction of sp³-hybridized carbons (Fsp3) is 0.364. The Kier molecular flexibility index (Phi) is 2.60. The highest BCUT2D eigenvalue weighted by Crippen LogP contribution is 2.15. The maximum atomic E-state index is 9.17. The average Bonchev–Trinajstić information content (AvgIpc) is 2.56. The van der Waals surface area contributed by atoms with Crippen molar-refractivity contribution in [3.63, 3.8) is 0 Å². The minimum absolute atomic E-state index is 0.289. The zero-order valence-electron chi connectivity index (χ0n) is 8.70. The van der Waals surface area contributed by atoms with Crippen LogP contribution < -0.4 is 5.73 Å². The van der Waals surface area contributed by atoms with E-state index in [0.29, 0.717) is 0 Å². The Balaban J connectivity index is 2.23. The van der Waals surface area contributed by atoms with Gasteiger partial charge in [-0.1, -0.05) is 0 Å². The molecule has 0 aliphatic heterocycles. The van der Waals surface area contributed by atoms with Crippen LogP contribution in [0, 0.1) is 0 Å². The maximum Gasteiger partial charge on any atom is 0.107 e. The minimum atomic E-state index is -0.289. The summed E-state index contributed by atoms with van der Waals surface area (Å²) >= 11 is 0. The smallest absolute Gasteiger partial charge is 0.107 e. The number of aromatic amines is 1. The normalized spacial score (nSPS) is 13.2. The third-order valence-corrected chi connectivity index (χ3v) is 2.35. The first-order valence-electron chi connectivity index (χ1n) is 5.07. The van der Waals surface area contributed by atoms with Crippen LogP contribution in [-0.2, 0) is 6.42 Å². The van der Waals surface area contributed by atoms with Crippen LogP contribution in [0.4, 0.5) is 5.69 Å². The van der Waals surface area contributed by atoms with Gasteiger partial charge in [0.1, 0.15) is 5.82 Å². The molecule has 1 atom stereocenters. The largest absolute Gasteiger partial charge is 0.399 e. The van der Waals surface area contributed by atoms with Gasteiger partial charge < -0.3 is 15.8 Å². The van der Waals surface area contributed by atoms with Gasteiger partial charge in [0.2, 0.25) is 0 Å². The van der Waals surface area contributed by atoms with Gasteiger partial charge in [0.05, 0.1) is 17.1 Å². The number of fused-ring (bicyclic) bond motifs is 1. The molecule has 0 bridgehead atoms. The van der Waals surface area contributed by atoms with Crippen molar-refractivity contribution in [1.29, 1.82) is 0 Å². The molecule has 0 fully saturated rings. The number of aliphatic hydroxyl groups excluding tert-OH is 1. The summed E-state index contributed by atoms with van der Waals surface area (Å²) in [5, 5.41) is 9.17. The number of benzene rings is 1.